The van der Waals surface area contributed by atoms with Gasteiger partial charge in [0.1, 0.15) is 27.9 Å². The Bertz CT molecular complexity index is 4700. The van der Waals surface area contributed by atoms with Crippen LogP contribution in [0.25, 0.3) is 0 Å². The van der Waals surface area contributed by atoms with E-state index in [0.29, 0.717) is 128 Å². The molecule has 115 heavy (non-hydrogen) atoms. The van der Waals surface area contributed by atoms with Crippen LogP contribution in [-0.2, 0) is 45.0 Å². The number of carbonyl (C=O) groups excluding carboxylic acids is 6. The summed E-state index contributed by atoms with van der Waals surface area (Å²) >= 11 is 45.0. The lowest BCUT2D eigenvalue weighted by Crippen LogP contribution is -2.49. The highest BCUT2D eigenvalue weighted by Crippen LogP contribution is 2.62. The van der Waals surface area contributed by atoms with E-state index >= 15 is 4.39 Å². The number of nitrogens with one attached hydrogen (secondary N) is 6. The third-order valence-corrected chi connectivity index (χ3v) is 29.7. The van der Waals surface area contributed by atoms with Gasteiger partial charge in [0.15, 0.2) is 17.3 Å². The molecule has 3 amide bonds. The predicted molar refractivity (Wildman–Crippen MR) is 459 cm³/mol. The van der Waals surface area contributed by atoms with Gasteiger partial charge in [0.05, 0.1) is 44.3 Å². The van der Waals surface area contributed by atoms with E-state index < -0.39 is 69.8 Å². The number of fused-ring (bicyclic) bond motifs is 6. The molecule has 0 unspecified atom stereocenters. The zero-order valence-corrected chi connectivity index (χ0v) is 72.3. The highest BCUT2D eigenvalue weighted by molar-refractivity contribution is 6.42. The van der Waals surface area contributed by atoms with E-state index in [-0.39, 0.29) is 80.1 Å². The standard InChI is InChI=1S/C32H37Cl2FN2O2.C31H37Cl3N2O2.C30H35Cl2FN2O3/c1-18-9-11-20(12-10-18)15-26(38)30-28(22-7-4-8-24(34)29(22)35)32(27(37-30)16-19-5-2-3-6-19)23-14-13-21(33)17-25(23)36-31(32)39;1-17-8-10-18(11-9-17)14-24(37)28-26(20-6-5-7-22(33)27(20)34)31(25(36-28)16-30(2,3)4)21-13-12-19(32)15-23(21)35-29(31)38;1-29(2,3)15-25-30(20-13-22(33)21(32)14-23(20)34-28(30)38)26(17-5-4-6-18(31)12-17)27(35-25)24(37)11-16-7-9-19(36)10-8-16/h4,7-8,13-14,17-20,27-28,30,37H,2-3,5-6,9-12,15-16H2,1H3,(H,36,39);5-7,12-13,15,17-18,25-26,28,36H,8-11,14,16H2,1-4H3,(H,35,38);4-6,12-14,16,19,25-27,35-36H,7-11,15H2,1-3H3,(H,34,38)/t18?,20?,27-,28-,30-,32+;17?,18?,25-,26-,28-,31+;16?,19?,25-,26-,27-,30+/m000/s1. The molecule has 6 aromatic rings. The van der Waals surface area contributed by atoms with Gasteiger partial charge in [-0.25, -0.2) is 8.78 Å². The Morgan fingerprint density at radius 2 is 0.843 bits per heavy atom. The SMILES string of the molecule is CC(C)(C)C[C@@H]1N[C@@H](C(=O)CC2CCC(O)CC2)[C@H](c2cccc(Cl)c2)[C@]12C(=O)Nc1cc(Cl)c(F)cc12.CC1CCC(CC(=O)[C@@H]2N[C@@H](CC(C)(C)C)[C@@]3(C(=O)Nc4cc(Cl)ccc43)[C@H]2c2cccc(Cl)c2Cl)CC1.CC1CCC(CC(=O)[C@@H]2N[C@@H](CC3CCCC3)[C@@]3(C(=O)Nc4cc(Cl)ccc43)[C@H]2c2cccc(Cl)c2F)CC1. The zero-order valence-electron chi connectivity index (χ0n) is 67.0. The molecule has 6 heterocycles. The monoisotopic (exact) mass is 1700 g/mol. The minimum absolute atomic E-state index is 0.00379. The Kier molecular flexibility index (Phi) is 25.8. The van der Waals surface area contributed by atoms with Crippen LogP contribution < -0.4 is 31.9 Å². The summed E-state index contributed by atoms with van der Waals surface area (Å²) in [5, 5.41) is 32.4. The smallest absolute Gasteiger partial charge is 0.237 e. The van der Waals surface area contributed by atoms with Crippen LogP contribution in [0.4, 0.5) is 25.8 Å². The number of hydrogen-bond donors (Lipinski definition) is 7. The van der Waals surface area contributed by atoms with E-state index in [0.717, 1.165) is 106 Å². The van der Waals surface area contributed by atoms with Gasteiger partial charge in [-0.3, -0.25) is 28.8 Å². The van der Waals surface area contributed by atoms with E-state index in [2.05, 4.69) is 87.3 Å². The first-order valence-corrected chi connectivity index (χ1v) is 44.5. The quantitative estimate of drug-likeness (QED) is 0.0490. The van der Waals surface area contributed by atoms with Gasteiger partial charge in [0.25, 0.3) is 0 Å². The fourth-order valence-electron chi connectivity index (χ4n) is 22.2. The van der Waals surface area contributed by atoms with Crippen molar-refractivity contribution in [3.05, 3.63) is 189 Å². The number of amides is 3. The maximum Gasteiger partial charge on any atom is 0.237 e. The molecule has 10 aliphatic rings. The average molecular weight is 1710 g/mol. The van der Waals surface area contributed by atoms with Crippen LogP contribution in [0, 0.1) is 58.0 Å². The second kappa shape index (κ2) is 34.5. The minimum Gasteiger partial charge on any atom is -0.393 e. The molecule has 13 nitrogen and oxygen atoms in total. The molecule has 4 saturated carbocycles. The van der Waals surface area contributed by atoms with Gasteiger partial charge in [0.2, 0.25) is 17.7 Å². The third-order valence-electron chi connectivity index (χ3n) is 27.6. The van der Waals surface area contributed by atoms with Crippen molar-refractivity contribution in [2.45, 2.75) is 273 Å². The van der Waals surface area contributed by atoms with E-state index in [1.54, 1.807) is 42.5 Å². The largest absolute Gasteiger partial charge is 0.393 e. The van der Waals surface area contributed by atoms with Crippen molar-refractivity contribution in [2.75, 3.05) is 16.0 Å². The van der Waals surface area contributed by atoms with Crippen LogP contribution in [0.1, 0.15) is 248 Å². The first-order valence-electron chi connectivity index (χ1n) is 41.8. The summed E-state index contributed by atoms with van der Waals surface area (Å²) < 4.78 is 30.9. The van der Waals surface area contributed by atoms with Crippen LogP contribution in [-0.4, -0.2) is 82.5 Å². The maximum absolute atomic E-state index is 15.9. The summed E-state index contributed by atoms with van der Waals surface area (Å²) in [5.41, 5.74) is 2.11. The number of anilines is 3. The molecule has 6 aromatic carbocycles. The van der Waals surface area contributed by atoms with Crippen LogP contribution in [0.5, 0.6) is 0 Å². The number of rotatable bonds is 16. The predicted octanol–water partition coefficient (Wildman–Crippen LogP) is 22.4. The zero-order chi connectivity index (χ0) is 82.1. The van der Waals surface area contributed by atoms with Crippen LogP contribution >= 0.6 is 81.2 Å². The van der Waals surface area contributed by atoms with Gasteiger partial charge >= 0.3 is 0 Å². The number of carbonyl (C=O) groups is 6. The molecule has 6 aliphatic heterocycles. The summed E-state index contributed by atoms with van der Waals surface area (Å²) in [6, 6.07) is 28.6. The molecule has 22 heteroatoms. The van der Waals surface area contributed by atoms with E-state index in [1.165, 1.54) is 31.0 Å². The molecule has 7 N–H and O–H groups in total. The summed E-state index contributed by atoms with van der Waals surface area (Å²) in [6.07, 6.45) is 19.4. The Morgan fingerprint density at radius 1 is 0.435 bits per heavy atom. The number of aliphatic hydroxyl groups excluding tert-OH is 1. The van der Waals surface area contributed by atoms with Crippen molar-refractivity contribution in [1.82, 2.24) is 16.0 Å². The average Bonchev–Trinajstić information content (AvgIpc) is 1.55. The Morgan fingerprint density at radius 3 is 1.33 bits per heavy atom. The molecule has 3 spiro atoms. The number of ketones is 3. The van der Waals surface area contributed by atoms with Gasteiger partial charge < -0.3 is 37.0 Å². The van der Waals surface area contributed by atoms with Gasteiger partial charge in [-0.05, 0) is 211 Å². The fourth-order valence-corrected chi connectivity index (χ4v) is 23.6. The lowest BCUT2D eigenvalue weighted by Gasteiger charge is -2.38. The number of aliphatic hydroxyl groups is 1. The molecular formula is C93H109Cl7F2N6O7. The number of Topliss-reactive ketones (excluding diaryl/α,β-unsaturated/α-hetero) is 3. The first kappa shape index (κ1) is 85.9. The van der Waals surface area contributed by atoms with Crippen LogP contribution in [0.2, 0.25) is 35.2 Å². The van der Waals surface area contributed by atoms with Gasteiger partial charge in [0, 0.05) is 87.3 Å². The molecule has 616 valence electrons. The van der Waals surface area contributed by atoms with E-state index in [9.17, 15) is 38.3 Å². The molecule has 0 aromatic heterocycles. The summed E-state index contributed by atoms with van der Waals surface area (Å²) in [4.78, 5) is 85.1. The van der Waals surface area contributed by atoms with Crippen molar-refractivity contribution < 1.29 is 42.7 Å². The van der Waals surface area contributed by atoms with Crippen molar-refractivity contribution in [3.63, 3.8) is 0 Å². The normalized spacial score (nSPS) is 31.5. The van der Waals surface area contributed by atoms with Gasteiger partial charge in [-0.2, -0.15) is 0 Å². The molecule has 7 fully saturated rings. The summed E-state index contributed by atoms with van der Waals surface area (Å²) in [5.74, 6) is -0.565. The van der Waals surface area contributed by atoms with E-state index in [1.807, 2.05) is 48.5 Å². The number of halogens is 9. The number of hydrogen-bond acceptors (Lipinski definition) is 10. The Hall–Kier alpha value is -5.53. The molecule has 0 radical (unpaired) electrons. The second-order valence-corrected chi connectivity index (χ2v) is 40.8. The lowest BCUT2D eigenvalue weighted by atomic mass is 9.62. The number of benzene rings is 6. The van der Waals surface area contributed by atoms with Gasteiger partial charge in [-0.1, -0.05) is 236 Å². The van der Waals surface area contributed by atoms with Crippen molar-refractivity contribution >= 4 is 133 Å². The summed E-state index contributed by atoms with van der Waals surface area (Å²) in [7, 11) is 0. The van der Waals surface area contributed by atoms with Crippen molar-refractivity contribution in [3.8, 4) is 0 Å². The third kappa shape index (κ3) is 16.9. The fraction of sp³-hybridized carbons (Fsp3) is 0.548. The maximum atomic E-state index is 15.9. The highest BCUT2D eigenvalue weighted by atomic mass is 35.5. The first-order chi connectivity index (χ1) is 54.6. The van der Waals surface area contributed by atoms with Crippen LogP contribution in [0.15, 0.2) is 109 Å². The van der Waals surface area contributed by atoms with E-state index in [4.69, 9.17) is 81.2 Å². The Balaban J connectivity index is 0.000000142. The minimum atomic E-state index is -1.23. The molecule has 4 aliphatic carbocycles. The lowest BCUT2D eigenvalue weighted by molar-refractivity contribution is -0.124. The molecule has 3 saturated heterocycles. The summed E-state index contributed by atoms with van der Waals surface area (Å²) in [6.45, 7) is 17.3. The molecular weight excluding hydrogens is 1600 g/mol. The van der Waals surface area contributed by atoms with Crippen LogP contribution in [0.3, 0.4) is 0 Å². The van der Waals surface area contributed by atoms with Crippen molar-refractivity contribution in [1.29, 1.82) is 0 Å². The second-order valence-electron chi connectivity index (χ2n) is 37.9. The highest BCUT2D eigenvalue weighted by Gasteiger charge is 2.69. The van der Waals surface area contributed by atoms with Gasteiger partial charge in [-0.15, -0.1) is 0 Å². The van der Waals surface area contributed by atoms with Crippen molar-refractivity contribution in [2.24, 2.45) is 46.3 Å². The Labute approximate surface area is 711 Å². The molecule has 16 rings (SSSR count). The topological polar surface area (TPSA) is 195 Å². The molecule has 12 atom stereocenters. The molecule has 0 bridgehead atoms.